The summed E-state index contributed by atoms with van der Waals surface area (Å²) in [5.74, 6) is 0.531. The van der Waals surface area contributed by atoms with E-state index >= 15 is 0 Å². The Kier molecular flexibility index (Phi) is 4.69. The Labute approximate surface area is 99.9 Å². The fourth-order valence-corrected chi connectivity index (χ4v) is 1.98. The number of aliphatic hydroxyl groups is 1. The van der Waals surface area contributed by atoms with Crippen LogP contribution >= 0.6 is 0 Å². The van der Waals surface area contributed by atoms with Gasteiger partial charge in [0.15, 0.2) is 0 Å². The van der Waals surface area contributed by atoms with Gasteiger partial charge in [-0.3, -0.25) is 9.78 Å². The summed E-state index contributed by atoms with van der Waals surface area (Å²) in [6.45, 7) is 6.12. The first kappa shape index (κ1) is 13.7. The highest BCUT2D eigenvalue weighted by Crippen LogP contribution is 2.26. The zero-order valence-corrected chi connectivity index (χ0v) is 10.5. The van der Waals surface area contributed by atoms with E-state index in [1.807, 2.05) is 20.8 Å². The second-order valence-electron chi connectivity index (χ2n) is 4.82. The first-order valence-electron chi connectivity index (χ1n) is 5.88. The topological polar surface area (TPSA) is 85.9 Å². The molecule has 96 valence electrons. The Morgan fingerprint density at radius 2 is 1.94 bits per heavy atom. The molecular weight excluding hydrogens is 220 g/mol. The third-order valence-corrected chi connectivity index (χ3v) is 3.28. The molecule has 0 aliphatic carbocycles. The highest BCUT2D eigenvalue weighted by Gasteiger charge is 2.19. The van der Waals surface area contributed by atoms with Crippen molar-refractivity contribution < 1.29 is 5.11 Å². The van der Waals surface area contributed by atoms with Crippen LogP contribution in [-0.2, 0) is 0 Å². The van der Waals surface area contributed by atoms with Crippen molar-refractivity contribution in [1.82, 2.24) is 9.97 Å². The number of hydrogen-bond acceptors (Lipinski definition) is 3. The van der Waals surface area contributed by atoms with E-state index in [1.54, 1.807) is 0 Å². The molecule has 5 nitrogen and oxygen atoms in total. The van der Waals surface area contributed by atoms with Gasteiger partial charge < -0.3 is 10.1 Å². The van der Waals surface area contributed by atoms with Crippen LogP contribution in [0.3, 0.4) is 0 Å². The zero-order chi connectivity index (χ0) is 13.0. The number of nitrogens with one attached hydrogen (secondary N) is 2. The summed E-state index contributed by atoms with van der Waals surface area (Å²) in [4.78, 5) is 27.2. The van der Waals surface area contributed by atoms with E-state index in [0.29, 0.717) is 5.56 Å². The molecule has 0 aliphatic rings. The number of hydrogen-bond donors (Lipinski definition) is 3. The van der Waals surface area contributed by atoms with Gasteiger partial charge >= 0.3 is 5.69 Å². The Hall–Kier alpha value is -1.36. The van der Waals surface area contributed by atoms with Gasteiger partial charge in [-0.2, -0.15) is 0 Å². The van der Waals surface area contributed by atoms with E-state index < -0.39 is 5.69 Å². The minimum absolute atomic E-state index is 0.0459. The Bertz CT molecular complexity index is 463. The molecule has 0 spiro atoms. The molecule has 0 fully saturated rings. The summed E-state index contributed by atoms with van der Waals surface area (Å²) in [5, 5.41) is 9.01. The van der Waals surface area contributed by atoms with Gasteiger partial charge in [0, 0.05) is 18.4 Å². The third kappa shape index (κ3) is 3.56. The van der Waals surface area contributed by atoms with E-state index in [9.17, 15) is 9.59 Å². The number of aromatic nitrogens is 2. The SMILES string of the molecule is C[C@H](CO)C[C@H](C)[C@@H](C)c1c[nH]c(=O)[nH]c1=O. The van der Waals surface area contributed by atoms with E-state index in [0.717, 1.165) is 6.42 Å². The number of H-pyrrole nitrogens is 2. The molecule has 0 saturated carbocycles. The van der Waals surface area contributed by atoms with Gasteiger partial charge in [0.25, 0.3) is 5.56 Å². The fraction of sp³-hybridized carbons (Fsp3) is 0.667. The average molecular weight is 240 g/mol. The molecule has 0 radical (unpaired) electrons. The summed E-state index contributed by atoms with van der Waals surface area (Å²) in [6, 6.07) is 0. The minimum Gasteiger partial charge on any atom is -0.396 e. The van der Waals surface area contributed by atoms with Crippen LogP contribution in [0.25, 0.3) is 0 Å². The van der Waals surface area contributed by atoms with Crippen LogP contribution in [0.4, 0.5) is 0 Å². The van der Waals surface area contributed by atoms with Crippen molar-refractivity contribution >= 4 is 0 Å². The van der Waals surface area contributed by atoms with Crippen LogP contribution in [0, 0.1) is 11.8 Å². The van der Waals surface area contributed by atoms with Crippen molar-refractivity contribution in [2.75, 3.05) is 6.61 Å². The summed E-state index contributed by atoms with van der Waals surface area (Å²) >= 11 is 0. The van der Waals surface area contributed by atoms with Crippen molar-refractivity contribution in [2.45, 2.75) is 33.1 Å². The van der Waals surface area contributed by atoms with Gasteiger partial charge in [0.1, 0.15) is 0 Å². The summed E-state index contributed by atoms with van der Waals surface area (Å²) in [6.07, 6.45) is 2.32. The first-order chi connectivity index (χ1) is 7.95. The van der Waals surface area contributed by atoms with Crippen LogP contribution < -0.4 is 11.2 Å². The lowest BCUT2D eigenvalue weighted by Crippen LogP contribution is -2.27. The number of rotatable bonds is 5. The first-order valence-corrected chi connectivity index (χ1v) is 5.88. The molecule has 17 heavy (non-hydrogen) atoms. The van der Waals surface area contributed by atoms with Crippen LogP contribution in [0.15, 0.2) is 15.8 Å². The number of aliphatic hydroxyl groups excluding tert-OH is 1. The molecule has 0 aliphatic heterocycles. The molecule has 1 aromatic rings. The normalized spacial score (nSPS) is 16.5. The molecule has 0 aromatic carbocycles. The quantitative estimate of drug-likeness (QED) is 0.712. The van der Waals surface area contributed by atoms with Crippen LogP contribution in [0.2, 0.25) is 0 Å². The molecule has 3 atom stereocenters. The van der Waals surface area contributed by atoms with Gasteiger partial charge in [-0.1, -0.05) is 20.8 Å². The van der Waals surface area contributed by atoms with Crippen molar-refractivity contribution in [3.63, 3.8) is 0 Å². The maximum atomic E-state index is 11.6. The summed E-state index contributed by atoms with van der Waals surface area (Å²) in [7, 11) is 0. The van der Waals surface area contributed by atoms with E-state index in [1.165, 1.54) is 6.20 Å². The Balaban J connectivity index is 2.85. The standard InChI is InChI=1S/C12H20N2O3/c1-7(6-15)4-8(2)9(3)10-5-13-12(17)14-11(10)16/h5,7-9,15H,4,6H2,1-3H3,(H2,13,14,16,17)/t7-,8-,9+/m0/s1. The molecular formula is C12H20N2O3. The fourth-order valence-electron chi connectivity index (χ4n) is 1.98. The molecule has 5 heteroatoms. The van der Waals surface area contributed by atoms with E-state index in [2.05, 4.69) is 9.97 Å². The van der Waals surface area contributed by atoms with Gasteiger partial charge in [-0.15, -0.1) is 0 Å². The van der Waals surface area contributed by atoms with Gasteiger partial charge in [0.05, 0.1) is 0 Å². The lowest BCUT2D eigenvalue weighted by Gasteiger charge is -2.21. The van der Waals surface area contributed by atoms with E-state index in [-0.39, 0.29) is 29.9 Å². The molecule has 0 saturated heterocycles. The molecule has 0 bridgehead atoms. The lowest BCUT2D eigenvalue weighted by molar-refractivity contribution is 0.209. The second-order valence-corrected chi connectivity index (χ2v) is 4.82. The summed E-state index contributed by atoms with van der Waals surface area (Å²) in [5.41, 5.74) is -0.227. The summed E-state index contributed by atoms with van der Waals surface area (Å²) < 4.78 is 0. The van der Waals surface area contributed by atoms with Gasteiger partial charge in [-0.05, 0) is 24.2 Å². The average Bonchev–Trinajstić information content (AvgIpc) is 2.28. The number of aromatic amines is 2. The largest absolute Gasteiger partial charge is 0.396 e. The van der Waals surface area contributed by atoms with Crippen molar-refractivity contribution in [1.29, 1.82) is 0 Å². The monoisotopic (exact) mass is 240 g/mol. The smallest absolute Gasteiger partial charge is 0.325 e. The molecule has 0 amide bonds. The van der Waals surface area contributed by atoms with Crippen LogP contribution in [-0.4, -0.2) is 21.7 Å². The minimum atomic E-state index is -0.484. The predicted molar refractivity (Wildman–Crippen MR) is 66.1 cm³/mol. The predicted octanol–water partition coefficient (Wildman–Crippen LogP) is 0.821. The molecule has 0 unspecified atom stereocenters. The van der Waals surface area contributed by atoms with Gasteiger partial charge in [0.2, 0.25) is 0 Å². The highest BCUT2D eigenvalue weighted by molar-refractivity contribution is 5.10. The van der Waals surface area contributed by atoms with E-state index in [4.69, 9.17) is 5.11 Å². The van der Waals surface area contributed by atoms with Crippen LogP contribution in [0.1, 0.15) is 38.7 Å². The van der Waals surface area contributed by atoms with Crippen LogP contribution in [0.5, 0.6) is 0 Å². The van der Waals surface area contributed by atoms with Crippen molar-refractivity contribution in [2.24, 2.45) is 11.8 Å². The third-order valence-electron chi connectivity index (χ3n) is 3.28. The Morgan fingerprint density at radius 3 is 2.47 bits per heavy atom. The maximum Gasteiger partial charge on any atom is 0.325 e. The molecule has 1 heterocycles. The molecule has 1 rings (SSSR count). The van der Waals surface area contributed by atoms with Crippen molar-refractivity contribution in [3.8, 4) is 0 Å². The van der Waals surface area contributed by atoms with Crippen molar-refractivity contribution in [3.05, 3.63) is 32.6 Å². The lowest BCUT2D eigenvalue weighted by atomic mass is 9.84. The van der Waals surface area contributed by atoms with Gasteiger partial charge in [-0.25, -0.2) is 4.79 Å². The molecule has 1 aromatic heterocycles. The maximum absolute atomic E-state index is 11.6. The second kappa shape index (κ2) is 5.82. The Morgan fingerprint density at radius 1 is 1.29 bits per heavy atom. The zero-order valence-electron chi connectivity index (χ0n) is 10.5. The molecule has 3 N–H and O–H groups in total. The highest BCUT2D eigenvalue weighted by atomic mass is 16.3.